The molecule has 2 unspecified atom stereocenters. The lowest BCUT2D eigenvalue weighted by molar-refractivity contribution is -0.161. The normalized spacial score (nSPS) is 14.0. The Balaban J connectivity index is 5.23. The van der Waals surface area contributed by atoms with Crippen molar-refractivity contribution in [2.75, 3.05) is 39.6 Å². The molecule has 17 nitrogen and oxygen atoms in total. The molecule has 0 aliphatic rings. The first-order valence-corrected chi connectivity index (χ1v) is 42.0. The minimum atomic E-state index is -4.96. The van der Waals surface area contributed by atoms with Crippen molar-refractivity contribution in [1.82, 2.24) is 0 Å². The highest BCUT2D eigenvalue weighted by Gasteiger charge is 2.30. The van der Waals surface area contributed by atoms with E-state index in [9.17, 15) is 43.2 Å². The van der Waals surface area contributed by atoms with Crippen LogP contribution in [-0.4, -0.2) is 96.7 Å². The molecule has 0 aromatic heterocycles. The Labute approximate surface area is 575 Å². The fourth-order valence-corrected chi connectivity index (χ4v) is 13.1. The third kappa shape index (κ3) is 68.6. The molecule has 94 heavy (non-hydrogen) atoms. The van der Waals surface area contributed by atoms with E-state index in [4.69, 9.17) is 37.0 Å². The van der Waals surface area contributed by atoms with Gasteiger partial charge in [-0.05, 0) is 37.5 Å². The van der Waals surface area contributed by atoms with Crippen LogP contribution in [0.1, 0.15) is 388 Å². The largest absolute Gasteiger partial charge is 0.472 e. The zero-order valence-corrected chi connectivity index (χ0v) is 63.1. The maximum Gasteiger partial charge on any atom is 0.472 e. The number of hydrogen-bond acceptors (Lipinski definition) is 15. The number of aliphatic hydroxyl groups is 1. The first-order valence-electron chi connectivity index (χ1n) is 39.0. The number of aliphatic hydroxyl groups excluding tert-OH is 1. The topological polar surface area (TPSA) is 237 Å². The molecule has 5 atom stereocenters. The molecular weight excluding hydrogens is 1230 g/mol. The van der Waals surface area contributed by atoms with Gasteiger partial charge in [-0.25, -0.2) is 9.13 Å². The highest BCUT2D eigenvalue weighted by atomic mass is 31.2. The van der Waals surface area contributed by atoms with Crippen molar-refractivity contribution in [2.24, 2.45) is 11.8 Å². The van der Waals surface area contributed by atoms with Gasteiger partial charge in [0.05, 0.1) is 26.4 Å². The molecule has 0 aliphatic carbocycles. The van der Waals surface area contributed by atoms with Gasteiger partial charge in [0.2, 0.25) is 0 Å². The van der Waals surface area contributed by atoms with Crippen molar-refractivity contribution in [3.63, 3.8) is 0 Å². The van der Waals surface area contributed by atoms with Gasteiger partial charge in [0.15, 0.2) is 12.2 Å². The first kappa shape index (κ1) is 92.1. The van der Waals surface area contributed by atoms with Gasteiger partial charge in [0, 0.05) is 25.7 Å². The molecule has 0 aromatic carbocycles. The maximum absolute atomic E-state index is 13.1. The van der Waals surface area contributed by atoms with E-state index in [1.165, 1.54) is 199 Å². The van der Waals surface area contributed by atoms with Crippen molar-refractivity contribution in [3.05, 3.63) is 0 Å². The summed E-state index contributed by atoms with van der Waals surface area (Å²) < 4.78 is 68.5. The molecule has 0 amide bonds. The molecule has 0 radical (unpaired) electrons. The second kappa shape index (κ2) is 66.9. The summed E-state index contributed by atoms with van der Waals surface area (Å²) in [6.45, 7) is 9.54. The number of carbonyl (C=O) groups is 4. The van der Waals surface area contributed by atoms with Crippen LogP contribution >= 0.6 is 15.6 Å². The predicted octanol–water partition coefficient (Wildman–Crippen LogP) is 21.9. The van der Waals surface area contributed by atoms with Crippen LogP contribution < -0.4 is 0 Å². The Hall–Kier alpha value is -1.94. The molecule has 0 aromatic rings. The summed E-state index contributed by atoms with van der Waals surface area (Å²) in [5.41, 5.74) is 0. The zero-order chi connectivity index (χ0) is 69.3. The predicted molar refractivity (Wildman–Crippen MR) is 381 cm³/mol. The van der Waals surface area contributed by atoms with Crippen LogP contribution in [0.15, 0.2) is 0 Å². The van der Waals surface area contributed by atoms with E-state index in [0.717, 1.165) is 102 Å². The van der Waals surface area contributed by atoms with Gasteiger partial charge in [-0.15, -0.1) is 0 Å². The average Bonchev–Trinajstić information content (AvgIpc) is 1.18. The van der Waals surface area contributed by atoms with E-state index in [1.54, 1.807) is 0 Å². The van der Waals surface area contributed by atoms with Crippen LogP contribution in [0, 0.1) is 11.8 Å². The Bertz CT molecular complexity index is 1820. The average molecular weight is 1380 g/mol. The van der Waals surface area contributed by atoms with Crippen LogP contribution in [0.5, 0.6) is 0 Å². The number of phosphoric acid groups is 2. The molecule has 0 saturated carbocycles. The van der Waals surface area contributed by atoms with Crippen LogP contribution in [0.3, 0.4) is 0 Å². The minimum absolute atomic E-state index is 0.107. The van der Waals surface area contributed by atoms with E-state index in [0.29, 0.717) is 31.6 Å². The molecular formula is C75H146O17P2. The Morgan fingerprint density at radius 3 is 0.723 bits per heavy atom. The first-order chi connectivity index (χ1) is 45.4. The number of carbonyl (C=O) groups excluding carboxylic acids is 4. The minimum Gasteiger partial charge on any atom is -0.462 e. The summed E-state index contributed by atoms with van der Waals surface area (Å²) in [5.74, 6) is -0.634. The SMILES string of the molecule is CCCCCCCCCCCCCCCCC(=O)OC[C@H](COP(=O)(O)OC[C@@H](O)COP(=O)(O)OC[C@@H](COC(=O)CCCCCCCCC(C)C)OC(=O)CCCCCCCCCCCCCCC)OC(=O)CCCCCCCCCCCCCCCCCC(C)C. The summed E-state index contributed by atoms with van der Waals surface area (Å²) in [5, 5.41) is 10.6. The summed E-state index contributed by atoms with van der Waals surface area (Å²) in [4.78, 5) is 72.7. The number of hydrogen-bond donors (Lipinski definition) is 3. The van der Waals surface area contributed by atoms with Gasteiger partial charge in [-0.3, -0.25) is 37.3 Å². The van der Waals surface area contributed by atoms with Gasteiger partial charge < -0.3 is 33.8 Å². The highest BCUT2D eigenvalue weighted by molar-refractivity contribution is 7.47. The van der Waals surface area contributed by atoms with E-state index < -0.39 is 97.5 Å². The molecule has 19 heteroatoms. The summed E-state index contributed by atoms with van der Waals surface area (Å²) in [6, 6.07) is 0. The lowest BCUT2D eigenvalue weighted by Gasteiger charge is -2.21. The molecule has 558 valence electrons. The smallest absolute Gasteiger partial charge is 0.462 e. The molecule has 0 spiro atoms. The summed E-state index contributed by atoms with van der Waals surface area (Å²) in [6.07, 6.45) is 54.1. The number of rotatable bonds is 74. The Morgan fingerprint density at radius 1 is 0.287 bits per heavy atom. The standard InChI is InChI=1S/C75H146O17P2/c1-7-9-11-13-15-17-19-21-27-30-34-38-45-51-57-72(77)85-63-70(91-74(79)60-54-48-40-36-32-28-24-22-23-26-29-33-37-43-49-55-67(3)4)65-89-93(81,82)87-61-69(76)62-88-94(83,84)90-66-71(64-86-73(78)58-52-46-42-41-44-50-56-68(5)6)92-75(80)59-53-47-39-35-31-25-20-18-16-14-12-10-8-2/h67-71,76H,7-66H2,1-6H3,(H,81,82)(H,83,84)/t69-,70-,71-/m1/s1. The van der Waals surface area contributed by atoms with Gasteiger partial charge in [-0.1, -0.05) is 337 Å². The molecule has 3 N–H and O–H groups in total. The van der Waals surface area contributed by atoms with Crippen LogP contribution in [0.4, 0.5) is 0 Å². The van der Waals surface area contributed by atoms with E-state index in [1.807, 2.05) is 0 Å². The van der Waals surface area contributed by atoms with Crippen molar-refractivity contribution in [3.8, 4) is 0 Å². The van der Waals surface area contributed by atoms with Gasteiger partial charge in [0.1, 0.15) is 19.3 Å². The molecule has 0 saturated heterocycles. The number of unbranched alkanes of at least 4 members (excludes halogenated alkanes) is 44. The second-order valence-corrected chi connectivity index (χ2v) is 30.9. The van der Waals surface area contributed by atoms with Crippen LogP contribution in [0.25, 0.3) is 0 Å². The second-order valence-electron chi connectivity index (χ2n) is 28.0. The van der Waals surface area contributed by atoms with Crippen molar-refractivity contribution in [1.29, 1.82) is 0 Å². The molecule has 0 aliphatic heterocycles. The van der Waals surface area contributed by atoms with Crippen molar-refractivity contribution < 1.29 is 80.2 Å². The highest BCUT2D eigenvalue weighted by Crippen LogP contribution is 2.45. The monoisotopic (exact) mass is 1380 g/mol. The number of esters is 4. The summed E-state index contributed by atoms with van der Waals surface area (Å²) >= 11 is 0. The fourth-order valence-electron chi connectivity index (χ4n) is 11.5. The van der Waals surface area contributed by atoms with Crippen molar-refractivity contribution >= 4 is 39.5 Å². The van der Waals surface area contributed by atoms with E-state index in [2.05, 4.69) is 41.5 Å². The van der Waals surface area contributed by atoms with Gasteiger partial charge in [-0.2, -0.15) is 0 Å². The van der Waals surface area contributed by atoms with Crippen LogP contribution in [0.2, 0.25) is 0 Å². The molecule has 0 bridgehead atoms. The maximum atomic E-state index is 13.1. The molecule has 0 heterocycles. The fraction of sp³-hybridized carbons (Fsp3) is 0.947. The van der Waals surface area contributed by atoms with E-state index >= 15 is 0 Å². The lowest BCUT2D eigenvalue weighted by Crippen LogP contribution is -2.30. The third-order valence-electron chi connectivity index (χ3n) is 17.5. The van der Waals surface area contributed by atoms with Crippen molar-refractivity contribution in [2.45, 2.75) is 407 Å². The lowest BCUT2D eigenvalue weighted by atomic mass is 10.0. The summed E-state index contributed by atoms with van der Waals surface area (Å²) in [7, 11) is -9.91. The van der Waals surface area contributed by atoms with Gasteiger partial charge in [0.25, 0.3) is 0 Å². The van der Waals surface area contributed by atoms with Crippen LogP contribution in [-0.2, 0) is 65.4 Å². The zero-order valence-electron chi connectivity index (χ0n) is 61.3. The van der Waals surface area contributed by atoms with Gasteiger partial charge >= 0.3 is 39.5 Å². The number of phosphoric ester groups is 2. The number of ether oxygens (including phenoxy) is 4. The Kier molecular flexibility index (Phi) is 65.5. The molecule has 0 fully saturated rings. The third-order valence-corrected chi connectivity index (χ3v) is 19.4. The molecule has 0 rings (SSSR count). The Morgan fingerprint density at radius 2 is 0.489 bits per heavy atom. The van der Waals surface area contributed by atoms with E-state index in [-0.39, 0.29) is 25.7 Å². The quantitative estimate of drug-likeness (QED) is 0.0222.